The van der Waals surface area contributed by atoms with Gasteiger partial charge in [0.25, 0.3) is 0 Å². The monoisotopic (exact) mass is 631 g/mol. The molecule has 0 aliphatic carbocycles. The molecule has 0 bridgehead atoms. The molecule has 1 aromatic heterocycles. The van der Waals surface area contributed by atoms with E-state index in [4.69, 9.17) is 4.42 Å². The molecule has 49 heavy (non-hydrogen) atoms. The number of aromatic nitrogens is 2. The first-order valence-electron chi connectivity index (χ1n) is 16.4. The summed E-state index contributed by atoms with van der Waals surface area (Å²) in [6, 6.07) is 67.7. The topological polar surface area (TPSA) is 42.2 Å². The van der Waals surface area contributed by atoms with Crippen LogP contribution in [0.3, 0.4) is 0 Å². The van der Waals surface area contributed by atoms with E-state index in [9.17, 15) is 0 Å². The SMILES string of the molecule is c1ccc(-c2ccc(C(c3ccccc3)c3ccc(N(c4ccccc4)c4ccc(-c5nnc(-c6ccccc6)o5)cc4)cc3)cc2)cc1. The van der Waals surface area contributed by atoms with Crippen LogP contribution in [-0.4, -0.2) is 10.2 Å². The number of para-hydroxylation sites is 1. The Kier molecular flexibility index (Phi) is 8.34. The third-order valence-corrected chi connectivity index (χ3v) is 8.80. The Labute approximate surface area is 286 Å². The third kappa shape index (κ3) is 6.40. The van der Waals surface area contributed by atoms with Crippen molar-refractivity contribution in [1.29, 1.82) is 0 Å². The molecule has 1 heterocycles. The summed E-state index contributed by atoms with van der Waals surface area (Å²) in [5, 5.41) is 8.59. The Morgan fingerprint density at radius 2 is 0.673 bits per heavy atom. The van der Waals surface area contributed by atoms with Gasteiger partial charge in [-0.3, -0.25) is 0 Å². The fourth-order valence-electron chi connectivity index (χ4n) is 6.35. The predicted octanol–water partition coefficient (Wildman–Crippen LogP) is 11.7. The largest absolute Gasteiger partial charge is 0.416 e. The highest BCUT2D eigenvalue weighted by atomic mass is 16.4. The standard InChI is InChI=1S/C45H33N3O/c1-5-13-33(14-6-1)34-21-23-36(24-22-34)43(35-15-7-2-8-16-35)37-25-29-41(30-26-37)48(40-19-11-4-12-20-40)42-31-27-39(28-32-42)45-47-46-44(49-45)38-17-9-3-10-18-38/h1-32,43H. The normalized spacial score (nSPS) is 11.6. The van der Waals surface area contributed by atoms with Crippen molar-refractivity contribution in [1.82, 2.24) is 10.2 Å². The lowest BCUT2D eigenvalue weighted by Crippen LogP contribution is -2.10. The molecule has 8 aromatic rings. The molecule has 0 amide bonds. The van der Waals surface area contributed by atoms with Gasteiger partial charge in [0.15, 0.2) is 0 Å². The Balaban J connectivity index is 1.12. The quantitative estimate of drug-likeness (QED) is 0.149. The second-order valence-electron chi connectivity index (χ2n) is 11.9. The first-order valence-corrected chi connectivity index (χ1v) is 16.4. The van der Waals surface area contributed by atoms with Crippen molar-refractivity contribution in [2.45, 2.75) is 5.92 Å². The summed E-state index contributed by atoms with van der Waals surface area (Å²) in [6.45, 7) is 0. The van der Waals surface area contributed by atoms with Crippen molar-refractivity contribution in [3.05, 3.63) is 211 Å². The molecule has 0 saturated carbocycles. The van der Waals surface area contributed by atoms with Gasteiger partial charge in [-0.05, 0) is 88.5 Å². The van der Waals surface area contributed by atoms with Crippen LogP contribution < -0.4 is 4.90 Å². The van der Waals surface area contributed by atoms with Crippen molar-refractivity contribution in [3.8, 4) is 34.0 Å². The minimum Gasteiger partial charge on any atom is -0.416 e. The average Bonchev–Trinajstić information content (AvgIpc) is 3.69. The molecule has 8 rings (SSSR count). The van der Waals surface area contributed by atoms with Crippen molar-refractivity contribution >= 4 is 17.1 Å². The molecule has 0 fully saturated rings. The molecular weight excluding hydrogens is 599 g/mol. The summed E-state index contributed by atoms with van der Waals surface area (Å²) in [4.78, 5) is 2.27. The van der Waals surface area contributed by atoms with Gasteiger partial charge < -0.3 is 9.32 Å². The third-order valence-electron chi connectivity index (χ3n) is 8.80. The van der Waals surface area contributed by atoms with Crippen LogP contribution in [0.1, 0.15) is 22.6 Å². The minimum atomic E-state index is 0.0970. The van der Waals surface area contributed by atoms with E-state index in [1.165, 1.54) is 27.8 Å². The molecular formula is C45H33N3O. The predicted molar refractivity (Wildman–Crippen MR) is 199 cm³/mol. The van der Waals surface area contributed by atoms with E-state index in [0.717, 1.165) is 28.2 Å². The van der Waals surface area contributed by atoms with Crippen molar-refractivity contribution in [2.24, 2.45) is 0 Å². The first kappa shape index (κ1) is 29.9. The van der Waals surface area contributed by atoms with E-state index in [-0.39, 0.29) is 5.92 Å². The van der Waals surface area contributed by atoms with Crippen LogP contribution >= 0.6 is 0 Å². The molecule has 1 unspecified atom stereocenters. The number of benzene rings is 7. The van der Waals surface area contributed by atoms with Crippen molar-refractivity contribution in [3.63, 3.8) is 0 Å². The zero-order valence-electron chi connectivity index (χ0n) is 26.8. The highest BCUT2D eigenvalue weighted by Gasteiger charge is 2.19. The minimum absolute atomic E-state index is 0.0970. The van der Waals surface area contributed by atoms with Gasteiger partial charge in [-0.25, -0.2) is 0 Å². The number of hydrogen-bond donors (Lipinski definition) is 0. The summed E-state index contributed by atoms with van der Waals surface area (Å²) < 4.78 is 6.03. The summed E-state index contributed by atoms with van der Waals surface area (Å²) in [5.74, 6) is 1.09. The van der Waals surface area contributed by atoms with E-state index < -0.39 is 0 Å². The summed E-state index contributed by atoms with van der Waals surface area (Å²) >= 11 is 0. The highest BCUT2D eigenvalue weighted by Crippen LogP contribution is 2.38. The van der Waals surface area contributed by atoms with E-state index in [2.05, 4.69) is 161 Å². The van der Waals surface area contributed by atoms with Gasteiger partial charge in [0.2, 0.25) is 11.8 Å². The summed E-state index contributed by atoms with van der Waals surface area (Å²) in [5.41, 5.74) is 11.1. The lowest BCUT2D eigenvalue weighted by atomic mass is 9.84. The molecule has 0 radical (unpaired) electrons. The van der Waals surface area contributed by atoms with Gasteiger partial charge in [0, 0.05) is 34.1 Å². The molecule has 234 valence electrons. The zero-order chi connectivity index (χ0) is 32.8. The van der Waals surface area contributed by atoms with E-state index in [0.29, 0.717) is 11.8 Å². The molecule has 4 heteroatoms. The smallest absolute Gasteiger partial charge is 0.248 e. The molecule has 7 aromatic carbocycles. The molecule has 4 nitrogen and oxygen atoms in total. The number of anilines is 3. The Hall–Kier alpha value is -6.52. The number of rotatable bonds is 9. The van der Waals surface area contributed by atoms with E-state index >= 15 is 0 Å². The van der Waals surface area contributed by atoms with Gasteiger partial charge in [-0.15, -0.1) is 10.2 Å². The van der Waals surface area contributed by atoms with E-state index in [1.54, 1.807) is 0 Å². The Bertz CT molecular complexity index is 2230. The average molecular weight is 632 g/mol. The maximum absolute atomic E-state index is 6.03. The molecule has 0 spiro atoms. The van der Waals surface area contributed by atoms with Crippen LogP contribution in [0.4, 0.5) is 17.1 Å². The van der Waals surface area contributed by atoms with Crippen LogP contribution in [0, 0.1) is 0 Å². The maximum Gasteiger partial charge on any atom is 0.248 e. The van der Waals surface area contributed by atoms with Gasteiger partial charge >= 0.3 is 0 Å². The van der Waals surface area contributed by atoms with Crippen molar-refractivity contribution < 1.29 is 4.42 Å². The Morgan fingerprint density at radius 3 is 1.22 bits per heavy atom. The molecule has 1 atom stereocenters. The van der Waals surface area contributed by atoms with Gasteiger partial charge in [-0.1, -0.05) is 133 Å². The fourth-order valence-corrected chi connectivity index (χ4v) is 6.35. The van der Waals surface area contributed by atoms with Crippen LogP contribution in [0.15, 0.2) is 199 Å². The molecule has 0 saturated heterocycles. The molecule has 0 N–H and O–H groups in total. The Morgan fingerprint density at radius 1 is 0.327 bits per heavy atom. The lowest BCUT2D eigenvalue weighted by molar-refractivity contribution is 0.584. The summed E-state index contributed by atoms with van der Waals surface area (Å²) in [7, 11) is 0. The second-order valence-corrected chi connectivity index (χ2v) is 11.9. The van der Waals surface area contributed by atoms with Gasteiger partial charge in [0.1, 0.15) is 0 Å². The van der Waals surface area contributed by atoms with Crippen LogP contribution in [0.25, 0.3) is 34.0 Å². The van der Waals surface area contributed by atoms with Gasteiger partial charge in [-0.2, -0.15) is 0 Å². The lowest BCUT2D eigenvalue weighted by Gasteiger charge is -2.26. The zero-order valence-corrected chi connectivity index (χ0v) is 26.8. The van der Waals surface area contributed by atoms with Crippen LogP contribution in [-0.2, 0) is 0 Å². The van der Waals surface area contributed by atoms with Gasteiger partial charge in [0.05, 0.1) is 0 Å². The molecule has 0 aliphatic heterocycles. The highest BCUT2D eigenvalue weighted by molar-refractivity contribution is 5.78. The van der Waals surface area contributed by atoms with Crippen LogP contribution in [0.5, 0.6) is 0 Å². The first-order chi connectivity index (χ1) is 24.3. The van der Waals surface area contributed by atoms with Crippen LogP contribution in [0.2, 0.25) is 0 Å². The second kappa shape index (κ2) is 13.7. The maximum atomic E-state index is 6.03. The summed E-state index contributed by atoms with van der Waals surface area (Å²) in [6.07, 6.45) is 0. The number of nitrogens with zero attached hydrogens (tertiary/aromatic N) is 3. The molecule has 0 aliphatic rings. The fraction of sp³-hybridized carbons (Fsp3) is 0.0222. The number of hydrogen-bond acceptors (Lipinski definition) is 4. The van der Waals surface area contributed by atoms with Crippen molar-refractivity contribution in [2.75, 3.05) is 4.90 Å². The van der Waals surface area contributed by atoms with E-state index in [1.807, 2.05) is 48.5 Å².